The van der Waals surface area contributed by atoms with Gasteiger partial charge in [-0.15, -0.1) is 0 Å². The van der Waals surface area contributed by atoms with Crippen LogP contribution in [0.2, 0.25) is 0 Å². The Hall–Kier alpha value is -0.760. The van der Waals surface area contributed by atoms with Gasteiger partial charge in [0, 0.05) is 11.0 Å². The smallest absolute Gasteiger partial charge is 0.0319 e. The molecule has 0 bridgehead atoms. The number of halogens is 1. The van der Waals surface area contributed by atoms with Crippen molar-refractivity contribution in [2.75, 3.05) is 11.1 Å². The van der Waals surface area contributed by atoms with E-state index in [2.05, 4.69) is 41.9 Å². The first-order valence-electron chi connectivity index (χ1n) is 4.74. The number of hydrogen-bond acceptors (Lipinski definition) is 1. The minimum atomic E-state index is 0.845. The molecule has 14 heavy (non-hydrogen) atoms. The molecular weight excluding hydrogens is 238 g/mol. The monoisotopic (exact) mass is 253 g/mol. The molecule has 0 radical (unpaired) electrons. The Morgan fingerprint density at radius 1 is 1.29 bits per heavy atom. The van der Waals surface area contributed by atoms with Gasteiger partial charge in [-0.2, -0.15) is 0 Å². The second-order valence-electron chi connectivity index (χ2n) is 3.45. The highest BCUT2D eigenvalue weighted by molar-refractivity contribution is 9.09. The zero-order valence-corrected chi connectivity index (χ0v) is 10.3. The number of nitrogen functional groups attached to an aromatic ring is 1. The van der Waals surface area contributed by atoms with E-state index in [1.807, 2.05) is 12.1 Å². The third-order valence-corrected chi connectivity index (χ3v) is 2.63. The van der Waals surface area contributed by atoms with Crippen LogP contribution in [-0.2, 0) is 0 Å². The first kappa shape index (κ1) is 11.3. The largest absolute Gasteiger partial charge is 0.399 e. The van der Waals surface area contributed by atoms with Crippen LogP contribution in [0.25, 0.3) is 6.08 Å². The van der Waals surface area contributed by atoms with E-state index in [9.17, 15) is 0 Å². The first-order valence-corrected chi connectivity index (χ1v) is 5.86. The Morgan fingerprint density at radius 2 is 1.86 bits per heavy atom. The Labute approximate surface area is 94.1 Å². The average Bonchev–Trinajstić information content (AvgIpc) is 2.09. The van der Waals surface area contributed by atoms with Crippen LogP contribution in [-0.4, -0.2) is 5.33 Å². The molecule has 0 aliphatic rings. The van der Waals surface area contributed by atoms with Crippen molar-refractivity contribution in [1.29, 1.82) is 0 Å². The number of aryl methyl sites for hydroxylation is 2. The van der Waals surface area contributed by atoms with Gasteiger partial charge >= 0.3 is 0 Å². The lowest BCUT2D eigenvalue weighted by atomic mass is 10.0. The number of anilines is 1. The van der Waals surface area contributed by atoms with Gasteiger partial charge in [-0.1, -0.05) is 28.1 Å². The van der Waals surface area contributed by atoms with Crippen LogP contribution in [0.5, 0.6) is 0 Å². The quantitative estimate of drug-likeness (QED) is 0.646. The lowest BCUT2D eigenvalue weighted by molar-refractivity contribution is 1.26. The molecule has 0 aliphatic heterocycles. The molecule has 0 amide bonds. The van der Waals surface area contributed by atoms with Crippen LogP contribution in [0, 0.1) is 13.8 Å². The zero-order valence-electron chi connectivity index (χ0n) is 8.68. The minimum Gasteiger partial charge on any atom is -0.399 e. The third-order valence-electron chi connectivity index (χ3n) is 2.18. The van der Waals surface area contributed by atoms with E-state index in [0.717, 1.165) is 17.4 Å². The van der Waals surface area contributed by atoms with Crippen molar-refractivity contribution < 1.29 is 0 Å². The van der Waals surface area contributed by atoms with Gasteiger partial charge in [-0.25, -0.2) is 0 Å². The molecule has 1 nitrogen and oxygen atoms in total. The highest BCUT2D eigenvalue weighted by atomic mass is 79.9. The summed E-state index contributed by atoms with van der Waals surface area (Å²) in [5, 5.41) is 1.01. The molecule has 0 aliphatic carbocycles. The predicted octanol–water partition coefficient (Wildman–Crippen LogP) is 3.68. The van der Waals surface area contributed by atoms with Gasteiger partial charge in [0.1, 0.15) is 0 Å². The molecule has 76 valence electrons. The van der Waals surface area contributed by atoms with Gasteiger partial charge in [-0.3, -0.25) is 0 Å². The molecule has 0 saturated carbocycles. The molecular formula is C12H16BrN. The Bertz CT molecular complexity index is 319. The maximum Gasteiger partial charge on any atom is 0.0319 e. The van der Waals surface area contributed by atoms with E-state index >= 15 is 0 Å². The SMILES string of the molecule is Cc1cc(N)cc(C)c1C=CCCBr. The Kier molecular flexibility index (Phi) is 4.21. The first-order chi connectivity index (χ1) is 6.65. The molecule has 0 saturated heterocycles. The molecule has 0 heterocycles. The van der Waals surface area contributed by atoms with Crippen molar-refractivity contribution in [1.82, 2.24) is 0 Å². The highest BCUT2D eigenvalue weighted by Gasteiger charge is 1.99. The molecule has 0 fully saturated rings. The van der Waals surface area contributed by atoms with E-state index in [4.69, 9.17) is 5.73 Å². The van der Waals surface area contributed by atoms with Crippen LogP contribution in [0.3, 0.4) is 0 Å². The number of rotatable bonds is 3. The summed E-state index contributed by atoms with van der Waals surface area (Å²) in [6, 6.07) is 4.03. The van der Waals surface area contributed by atoms with Crippen LogP contribution < -0.4 is 5.73 Å². The van der Waals surface area contributed by atoms with E-state index in [-0.39, 0.29) is 0 Å². The van der Waals surface area contributed by atoms with Gasteiger partial charge in [0.05, 0.1) is 0 Å². The molecule has 0 unspecified atom stereocenters. The number of hydrogen-bond donors (Lipinski definition) is 1. The van der Waals surface area contributed by atoms with Crippen molar-refractivity contribution in [3.8, 4) is 0 Å². The fourth-order valence-electron chi connectivity index (χ4n) is 1.54. The molecule has 0 aromatic heterocycles. The number of nitrogens with two attached hydrogens (primary N) is 1. The van der Waals surface area contributed by atoms with Crippen LogP contribution >= 0.6 is 15.9 Å². The van der Waals surface area contributed by atoms with Gasteiger partial charge in [-0.05, 0) is 49.1 Å². The Balaban J connectivity index is 2.96. The zero-order chi connectivity index (χ0) is 10.6. The summed E-state index contributed by atoms with van der Waals surface area (Å²) < 4.78 is 0. The van der Waals surface area contributed by atoms with Gasteiger partial charge in [0.2, 0.25) is 0 Å². The predicted molar refractivity (Wildman–Crippen MR) is 67.8 cm³/mol. The summed E-state index contributed by atoms with van der Waals surface area (Å²) in [6.45, 7) is 4.19. The number of alkyl halides is 1. The summed E-state index contributed by atoms with van der Waals surface area (Å²) in [5.41, 5.74) is 10.4. The highest BCUT2D eigenvalue weighted by Crippen LogP contribution is 2.19. The molecule has 0 spiro atoms. The second kappa shape index (κ2) is 5.20. The summed E-state index contributed by atoms with van der Waals surface area (Å²) in [6.07, 6.45) is 5.41. The van der Waals surface area contributed by atoms with E-state index in [0.29, 0.717) is 0 Å². The van der Waals surface area contributed by atoms with Gasteiger partial charge in [0.15, 0.2) is 0 Å². The van der Waals surface area contributed by atoms with E-state index in [1.165, 1.54) is 16.7 Å². The maximum atomic E-state index is 5.75. The molecule has 2 heteroatoms. The normalized spacial score (nSPS) is 11.1. The second-order valence-corrected chi connectivity index (χ2v) is 4.24. The fraction of sp³-hybridized carbons (Fsp3) is 0.333. The van der Waals surface area contributed by atoms with Crippen molar-refractivity contribution in [2.45, 2.75) is 20.3 Å². The fourth-order valence-corrected chi connectivity index (χ4v) is 1.80. The minimum absolute atomic E-state index is 0.845. The van der Waals surface area contributed by atoms with Crippen molar-refractivity contribution in [3.05, 3.63) is 34.9 Å². The van der Waals surface area contributed by atoms with E-state index < -0.39 is 0 Å². The van der Waals surface area contributed by atoms with Crippen LogP contribution in [0.4, 0.5) is 5.69 Å². The third kappa shape index (κ3) is 2.88. The maximum absolute atomic E-state index is 5.75. The molecule has 0 atom stereocenters. The summed E-state index contributed by atoms with van der Waals surface area (Å²) in [4.78, 5) is 0. The summed E-state index contributed by atoms with van der Waals surface area (Å²) in [5.74, 6) is 0. The lowest BCUT2D eigenvalue weighted by Crippen LogP contribution is -1.91. The van der Waals surface area contributed by atoms with Crippen molar-refractivity contribution in [2.24, 2.45) is 0 Å². The molecule has 1 aromatic rings. The van der Waals surface area contributed by atoms with E-state index in [1.54, 1.807) is 0 Å². The van der Waals surface area contributed by atoms with Crippen molar-refractivity contribution in [3.63, 3.8) is 0 Å². The van der Waals surface area contributed by atoms with Gasteiger partial charge in [0.25, 0.3) is 0 Å². The summed E-state index contributed by atoms with van der Waals surface area (Å²) >= 11 is 3.40. The van der Waals surface area contributed by atoms with Crippen LogP contribution in [0.1, 0.15) is 23.1 Å². The lowest BCUT2D eigenvalue weighted by Gasteiger charge is -2.06. The summed E-state index contributed by atoms with van der Waals surface area (Å²) in [7, 11) is 0. The molecule has 1 aromatic carbocycles. The molecule has 2 N–H and O–H groups in total. The van der Waals surface area contributed by atoms with Crippen molar-refractivity contribution >= 4 is 27.7 Å². The number of allylic oxidation sites excluding steroid dienone is 1. The standard InChI is InChI=1S/C12H16BrN/c1-9-7-11(14)8-10(2)12(9)5-3-4-6-13/h3,5,7-8H,4,6,14H2,1-2H3. The van der Waals surface area contributed by atoms with Crippen LogP contribution in [0.15, 0.2) is 18.2 Å². The van der Waals surface area contributed by atoms with Gasteiger partial charge < -0.3 is 5.73 Å². The number of benzene rings is 1. The average molecular weight is 254 g/mol. The molecule has 1 rings (SSSR count). The topological polar surface area (TPSA) is 26.0 Å². The Morgan fingerprint density at radius 3 is 2.36 bits per heavy atom.